The highest BCUT2D eigenvalue weighted by Crippen LogP contribution is 2.11. The highest BCUT2D eigenvalue weighted by molar-refractivity contribution is 5.83. The fraction of sp³-hybridized carbons (Fsp3) is 0.444. The number of hydrogen-bond acceptors (Lipinski definition) is 5. The van der Waals surface area contributed by atoms with E-state index in [4.69, 9.17) is 5.11 Å². The van der Waals surface area contributed by atoms with E-state index in [-0.39, 0.29) is 5.82 Å². The van der Waals surface area contributed by atoms with Gasteiger partial charge in [0.25, 0.3) is 0 Å². The van der Waals surface area contributed by atoms with Crippen LogP contribution in [0.4, 0.5) is 5.69 Å². The van der Waals surface area contributed by atoms with Gasteiger partial charge < -0.3 is 15.3 Å². The van der Waals surface area contributed by atoms with Gasteiger partial charge in [0.2, 0.25) is 5.82 Å². The minimum Gasteiger partial charge on any atom is -0.475 e. The van der Waals surface area contributed by atoms with Crippen LogP contribution in [0.1, 0.15) is 10.6 Å². The Morgan fingerprint density at radius 2 is 1.93 bits per heavy atom. The van der Waals surface area contributed by atoms with Crippen LogP contribution in [0.5, 0.6) is 0 Å². The van der Waals surface area contributed by atoms with Crippen LogP contribution >= 0.6 is 0 Å². The first-order valence-electron chi connectivity index (χ1n) is 4.78. The summed E-state index contributed by atoms with van der Waals surface area (Å²) in [5, 5.41) is 11.9. The first-order valence-corrected chi connectivity index (χ1v) is 4.78. The molecule has 0 radical (unpaired) electrons. The van der Waals surface area contributed by atoms with Gasteiger partial charge in [-0.3, -0.25) is 0 Å². The lowest BCUT2D eigenvalue weighted by atomic mass is 10.3. The molecule has 2 rings (SSSR count). The van der Waals surface area contributed by atoms with Gasteiger partial charge in [-0.15, -0.1) is 0 Å². The summed E-state index contributed by atoms with van der Waals surface area (Å²) in [5.41, 5.74) is 0.876. The quantitative estimate of drug-likeness (QED) is 0.687. The molecule has 0 bridgehead atoms. The highest BCUT2D eigenvalue weighted by atomic mass is 16.4. The molecule has 1 aromatic heterocycles. The minimum absolute atomic E-state index is 0.158. The number of rotatable bonds is 2. The molecule has 6 heteroatoms. The zero-order valence-electron chi connectivity index (χ0n) is 8.18. The fourth-order valence-corrected chi connectivity index (χ4v) is 1.52. The Bertz CT molecular complexity index is 346. The van der Waals surface area contributed by atoms with Crippen LogP contribution in [0.2, 0.25) is 0 Å². The lowest BCUT2D eigenvalue weighted by Gasteiger charge is -2.28. The summed E-state index contributed by atoms with van der Waals surface area (Å²) in [6, 6.07) is 0. The molecule has 0 spiro atoms. The van der Waals surface area contributed by atoms with E-state index in [1.165, 1.54) is 0 Å². The van der Waals surface area contributed by atoms with E-state index in [1.54, 1.807) is 12.4 Å². The van der Waals surface area contributed by atoms with Crippen molar-refractivity contribution < 1.29 is 9.90 Å². The number of nitrogens with one attached hydrogen (secondary N) is 1. The molecule has 1 aliphatic rings. The second kappa shape index (κ2) is 4.22. The molecule has 6 nitrogen and oxygen atoms in total. The third-order valence-electron chi connectivity index (χ3n) is 2.31. The second-order valence-electron chi connectivity index (χ2n) is 3.31. The molecule has 1 fully saturated rings. The van der Waals surface area contributed by atoms with Crippen molar-refractivity contribution in [3.8, 4) is 0 Å². The van der Waals surface area contributed by atoms with E-state index < -0.39 is 5.97 Å². The minimum atomic E-state index is -1.10. The maximum Gasteiger partial charge on any atom is 0.373 e. The van der Waals surface area contributed by atoms with Crippen molar-refractivity contribution in [3.05, 3.63) is 18.2 Å². The largest absolute Gasteiger partial charge is 0.475 e. The van der Waals surface area contributed by atoms with E-state index in [0.29, 0.717) is 0 Å². The molecule has 1 aliphatic heterocycles. The number of carboxylic acids is 1. The summed E-state index contributed by atoms with van der Waals surface area (Å²) in [4.78, 5) is 20.2. The van der Waals surface area contributed by atoms with E-state index in [1.807, 2.05) is 0 Å². The smallest absolute Gasteiger partial charge is 0.373 e. The molecular weight excluding hydrogens is 196 g/mol. The van der Waals surface area contributed by atoms with Gasteiger partial charge in [-0.25, -0.2) is 14.8 Å². The molecule has 0 unspecified atom stereocenters. The van der Waals surface area contributed by atoms with Crippen molar-refractivity contribution in [1.29, 1.82) is 0 Å². The van der Waals surface area contributed by atoms with Crippen molar-refractivity contribution in [2.45, 2.75) is 0 Å². The van der Waals surface area contributed by atoms with Gasteiger partial charge in [0.1, 0.15) is 0 Å². The van der Waals surface area contributed by atoms with Crippen LogP contribution in [0, 0.1) is 0 Å². The number of carboxylic acid groups (broad SMARTS) is 1. The van der Waals surface area contributed by atoms with Gasteiger partial charge in [0.05, 0.1) is 18.1 Å². The molecule has 0 saturated carbocycles. The van der Waals surface area contributed by atoms with Gasteiger partial charge in [-0.1, -0.05) is 0 Å². The molecule has 1 aromatic rings. The number of carbonyl (C=O) groups is 1. The molecular formula is C9H12N4O2. The maximum absolute atomic E-state index is 10.5. The van der Waals surface area contributed by atoms with Crippen LogP contribution < -0.4 is 10.2 Å². The van der Waals surface area contributed by atoms with Crippen molar-refractivity contribution >= 4 is 11.7 Å². The van der Waals surface area contributed by atoms with Gasteiger partial charge in [0.15, 0.2) is 0 Å². The Kier molecular flexibility index (Phi) is 2.77. The summed E-state index contributed by atoms with van der Waals surface area (Å²) >= 11 is 0. The first-order chi connectivity index (χ1) is 7.27. The van der Waals surface area contributed by atoms with Crippen molar-refractivity contribution in [2.75, 3.05) is 31.1 Å². The lowest BCUT2D eigenvalue weighted by molar-refractivity contribution is 0.0683. The summed E-state index contributed by atoms with van der Waals surface area (Å²) in [5.74, 6) is -1.25. The number of aromatic carboxylic acids is 1. The summed E-state index contributed by atoms with van der Waals surface area (Å²) < 4.78 is 0. The SMILES string of the molecule is O=C(O)c1ncc(N2CCNCC2)cn1. The average molecular weight is 208 g/mol. The Labute approximate surface area is 87.0 Å². The molecule has 1 saturated heterocycles. The predicted molar refractivity (Wildman–Crippen MR) is 54.1 cm³/mol. The van der Waals surface area contributed by atoms with Crippen LogP contribution in [0.3, 0.4) is 0 Å². The molecule has 0 atom stereocenters. The van der Waals surface area contributed by atoms with Crippen LogP contribution in [-0.4, -0.2) is 47.2 Å². The second-order valence-corrected chi connectivity index (χ2v) is 3.31. The fourth-order valence-electron chi connectivity index (χ4n) is 1.52. The normalized spacial score (nSPS) is 16.4. The Morgan fingerprint density at radius 3 is 2.47 bits per heavy atom. The zero-order chi connectivity index (χ0) is 10.7. The number of hydrogen-bond donors (Lipinski definition) is 2. The average Bonchev–Trinajstić information content (AvgIpc) is 2.30. The van der Waals surface area contributed by atoms with Gasteiger partial charge in [-0.2, -0.15) is 0 Å². The maximum atomic E-state index is 10.5. The van der Waals surface area contributed by atoms with E-state index in [0.717, 1.165) is 31.9 Å². The lowest BCUT2D eigenvalue weighted by Crippen LogP contribution is -2.43. The van der Waals surface area contributed by atoms with Crippen LogP contribution in [0.15, 0.2) is 12.4 Å². The number of aromatic nitrogens is 2. The van der Waals surface area contributed by atoms with E-state index in [2.05, 4.69) is 20.2 Å². The molecule has 15 heavy (non-hydrogen) atoms. The predicted octanol–water partition coefficient (Wildman–Crippen LogP) is -0.416. The zero-order valence-corrected chi connectivity index (χ0v) is 8.18. The number of piperazine rings is 1. The number of nitrogens with zero attached hydrogens (tertiary/aromatic N) is 3. The third-order valence-corrected chi connectivity index (χ3v) is 2.31. The first kappa shape index (κ1) is 9.85. The Balaban J connectivity index is 2.11. The van der Waals surface area contributed by atoms with E-state index >= 15 is 0 Å². The van der Waals surface area contributed by atoms with Gasteiger partial charge >= 0.3 is 5.97 Å². The van der Waals surface area contributed by atoms with E-state index in [9.17, 15) is 4.79 Å². The summed E-state index contributed by atoms with van der Waals surface area (Å²) in [6.07, 6.45) is 3.11. The topological polar surface area (TPSA) is 78.3 Å². The summed E-state index contributed by atoms with van der Waals surface area (Å²) in [7, 11) is 0. The van der Waals surface area contributed by atoms with Crippen molar-refractivity contribution in [1.82, 2.24) is 15.3 Å². The Hall–Kier alpha value is -1.69. The van der Waals surface area contributed by atoms with Crippen molar-refractivity contribution in [2.24, 2.45) is 0 Å². The third kappa shape index (κ3) is 2.21. The molecule has 80 valence electrons. The molecule has 2 N–H and O–H groups in total. The molecule has 0 aromatic carbocycles. The number of anilines is 1. The van der Waals surface area contributed by atoms with Gasteiger partial charge in [0, 0.05) is 26.2 Å². The van der Waals surface area contributed by atoms with Crippen LogP contribution in [-0.2, 0) is 0 Å². The standard InChI is InChI=1S/C9H12N4O2/c14-9(15)8-11-5-7(6-12-8)13-3-1-10-2-4-13/h5-6,10H,1-4H2,(H,14,15). The monoisotopic (exact) mass is 208 g/mol. The molecule has 0 amide bonds. The van der Waals surface area contributed by atoms with Crippen LogP contribution in [0.25, 0.3) is 0 Å². The molecule has 0 aliphatic carbocycles. The molecule has 2 heterocycles. The van der Waals surface area contributed by atoms with Crippen molar-refractivity contribution in [3.63, 3.8) is 0 Å². The summed E-state index contributed by atoms with van der Waals surface area (Å²) in [6.45, 7) is 3.66. The Morgan fingerprint density at radius 1 is 1.33 bits per heavy atom. The highest BCUT2D eigenvalue weighted by Gasteiger charge is 2.12. The van der Waals surface area contributed by atoms with Gasteiger partial charge in [-0.05, 0) is 0 Å².